The Balaban J connectivity index is 1.68. The summed E-state index contributed by atoms with van der Waals surface area (Å²) in [4.78, 5) is 6.92. The van der Waals surface area contributed by atoms with Gasteiger partial charge in [-0.15, -0.1) is 0 Å². The topological polar surface area (TPSA) is 25.4 Å². The minimum Gasteiger partial charge on any atom is -0.489 e. The minimum absolute atomic E-state index is 0.568. The van der Waals surface area contributed by atoms with Gasteiger partial charge in [0.25, 0.3) is 0 Å². The highest BCUT2D eigenvalue weighted by Crippen LogP contribution is 2.25. The van der Waals surface area contributed by atoms with E-state index < -0.39 is 0 Å². The van der Waals surface area contributed by atoms with Crippen LogP contribution in [-0.2, 0) is 13.0 Å². The highest BCUT2D eigenvalue weighted by atomic mass is 16.5. The lowest BCUT2D eigenvalue weighted by atomic mass is 10.00. The molecule has 0 unspecified atom stereocenters. The summed E-state index contributed by atoms with van der Waals surface area (Å²) >= 11 is 0. The number of hydrogen-bond acceptors (Lipinski definition) is 3. The lowest BCUT2D eigenvalue weighted by Gasteiger charge is -2.27. The molecule has 3 rings (SSSR count). The molecule has 1 fully saturated rings. The van der Waals surface area contributed by atoms with E-state index in [0.717, 1.165) is 42.2 Å². The van der Waals surface area contributed by atoms with Crippen molar-refractivity contribution in [2.75, 3.05) is 18.0 Å². The van der Waals surface area contributed by atoms with Crippen LogP contribution >= 0.6 is 0 Å². The molecule has 1 aromatic heterocycles. The second kappa shape index (κ2) is 8.19. The summed E-state index contributed by atoms with van der Waals surface area (Å²) in [6.45, 7) is 11.1. The zero-order valence-corrected chi connectivity index (χ0v) is 15.4. The molecule has 3 heteroatoms. The molecular formula is C22H28N2O. The predicted molar refractivity (Wildman–Crippen MR) is 105 cm³/mol. The Morgan fingerprint density at radius 1 is 1.16 bits per heavy atom. The van der Waals surface area contributed by atoms with Gasteiger partial charge in [0.15, 0.2) is 0 Å². The molecule has 0 amide bonds. The average Bonchev–Trinajstić information content (AvgIpc) is 2.67. The first-order chi connectivity index (χ1) is 12.2. The van der Waals surface area contributed by atoms with Crippen LogP contribution in [0.5, 0.6) is 5.75 Å². The Kier molecular flexibility index (Phi) is 5.75. The molecule has 0 aliphatic carbocycles. The molecule has 132 valence electrons. The van der Waals surface area contributed by atoms with Crippen molar-refractivity contribution in [2.45, 2.75) is 46.1 Å². The van der Waals surface area contributed by atoms with Gasteiger partial charge >= 0.3 is 0 Å². The van der Waals surface area contributed by atoms with Crippen molar-refractivity contribution >= 4 is 11.4 Å². The fourth-order valence-corrected chi connectivity index (χ4v) is 3.38. The van der Waals surface area contributed by atoms with E-state index in [4.69, 9.17) is 4.74 Å². The molecule has 1 saturated heterocycles. The zero-order valence-electron chi connectivity index (χ0n) is 15.4. The fraction of sp³-hybridized carbons (Fsp3) is 0.409. The van der Waals surface area contributed by atoms with Crippen molar-refractivity contribution in [3.8, 4) is 5.75 Å². The van der Waals surface area contributed by atoms with E-state index in [-0.39, 0.29) is 0 Å². The van der Waals surface area contributed by atoms with Gasteiger partial charge in [-0.2, -0.15) is 0 Å². The van der Waals surface area contributed by atoms with E-state index >= 15 is 0 Å². The van der Waals surface area contributed by atoms with Crippen LogP contribution in [0.4, 0.5) is 5.82 Å². The number of piperidine rings is 1. The molecule has 0 bridgehead atoms. The number of aryl methyl sites for hydroxylation is 1. The third kappa shape index (κ3) is 4.41. The molecule has 1 aliphatic heterocycles. The Labute approximate surface area is 151 Å². The third-order valence-corrected chi connectivity index (χ3v) is 4.81. The molecule has 0 radical (unpaired) electrons. The maximum atomic E-state index is 6.04. The first-order valence-electron chi connectivity index (χ1n) is 9.29. The monoisotopic (exact) mass is 336 g/mol. The lowest BCUT2D eigenvalue weighted by molar-refractivity contribution is 0.306. The van der Waals surface area contributed by atoms with Gasteiger partial charge in [-0.3, -0.25) is 0 Å². The number of benzene rings is 1. The summed E-state index contributed by atoms with van der Waals surface area (Å²) in [5.74, 6) is 1.99. The predicted octanol–water partition coefficient (Wildman–Crippen LogP) is 5.25. The SMILES string of the molecule is C=C(C)c1ccc(OCc2ccnc(N3CCCCC3)c2)cc1CC. The molecule has 1 aliphatic rings. The quantitative estimate of drug-likeness (QED) is 0.721. The second-order valence-electron chi connectivity index (χ2n) is 6.81. The molecule has 1 aromatic carbocycles. The van der Waals surface area contributed by atoms with Crippen LogP contribution in [0.3, 0.4) is 0 Å². The number of anilines is 1. The first kappa shape index (κ1) is 17.5. The maximum Gasteiger partial charge on any atom is 0.128 e. The zero-order chi connectivity index (χ0) is 17.6. The van der Waals surface area contributed by atoms with Gasteiger partial charge in [-0.25, -0.2) is 4.98 Å². The molecule has 25 heavy (non-hydrogen) atoms. The molecule has 3 nitrogen and oxygen atoms in total. The van der Waals surface area contributed by atoms with Crippen LogP contribution in [0, 0.1) is 0 Å². The van der Waals surface area contributed by atoms with Crippen molar-refractivity contribution in [2.24, 2.45) is 0 Å². The minimum atomic E-state index is 0.568. The Morgan fingerprint density at radius 2 is 1.96 bits per heavy atom. The molecule has 2 aromatic rings. The molecule has 2 heterocycles. The van der Waals surface area contributed by atoms with Gasteiger partial charge in [-0.05, 0) is 73.6 Å². The van der Waals surface area contributed by atoms with Gasteiger partial charge in [0.05, 0.1) is 0 Å². The normalized spacial score (nSPS) is 14.4. The fourth-order valence-electron chi connectivity index (χ4n) is 3.38. The third-order valence-electron chi connectivity index (χ3n) is 4.81. The molecule has 0 spiro atoms. The number of nitrogens with zero attached hydrogens (tertiary/aromatic N) is 2. The van der Waals surface area contributed by atoms with E-state index in [1.807, 2.05) is 25.3 Å². The van der Waals surface area contributed by atoms with Crippen LogP contribution in [0.15, 0.2) is 43.1 Å². The van der Waals surface area contributed by atoms with Crippen LogP contribution < -0.4 is 9.64 Å². The number of rotatable bonds is 6. The Bertz CT molecular complexity index is 733. The number of pyridine rings is 1. The number of aromatic nitrogens is 1. The Hall–Kier alpha value is -2.29. The average molecular weight is 336 g/mol. The number of hydrogen-bond donors (Lipinski definition) is 0. The summed E-state index contributed by atoms with van der Waals surface area (Å²) in [6, 6.07) is 10.5. The van der Waals surface area contributed by atoms with Gasteiger partial charge < -0.3 is 9.64 Å². The maximum absolute atomic E-state index is 6.04. The van der Waals surface area contributed by atoms with E-state index in [1.54, 1.807) is 0 Å². The second-order valence-corrected chi connectivity index (χ2v) is 6.81. The summed E-state index contributed by atoms with van der Waals surface area (Å²) in [5.41, 5.74) is 4.78. The highest BCUT2D eigenvalue weighted by Gasteiger charge is 2.12. The molecule has 0 N–H and O–H groups in total. The standard InChI is InChI=1S/C22H28N2O/c1-4-19-15-20(8-9-21(19)17(2)3)25-16-18-10-11-23-22(14-18)24-12-6-5-7-13-24/h8-11,14-15H,2,4-7,12-13,16H2,1,3H3. The van der Waals surface area contributed by atoms with Crippen molar-refractivity contribution in [1.82, 2.24) is 4.98 Å². The van der Waals surface area contributed by atoms with E-state index in [1.165, 1.54) is 30.4 Å². The van der Waals surface area contributed by atoms with Crippen LogP contribution in [0.25, 0.3) is 5.57 Å². The summed E-state index contributed by atoms with van der Waals surface area (Å²) in [7, 11) is 0. The highest BCUT2D eigenvalue weighted by molar-refractivity contribution is 5.65. The summed E-state index contributed by atoms with van der Waals surface area (Å²) in [5, 5.41) is 0. The van der Waals surface area contributed by atoms with Crippen molar-refractivity contribution in [3.05, 3.63) is 59.8 Å². The van der Waals surface area contributed by atoms with Crippen molar-refractivity contribution in [1.29, 1.82) is 0 Å². The van der Waals surface area contributed by atoms with E-state index in [2.05, 4.69) is 41.6 Å². The largest absolute Gasteiger partial charge is 0.489 e. The van der Waals surface area contributed by atoms with Crippen molar-refractivity contribution < 1.29 is 4.74 Å². The summed E-state index contributed by atoms with van der Waals surface area (Å²) < 4.78 is 6.04. The van der Waals surface area contributed by atoms with Gasteiger partial charge in [0.1, 0.15) is 18.2 Å². The smallest absolute Gasteiger partial charge is 0.128 e. The molecule has 0 saturated carbocycles. The molecule has 0 atom stereocenters. The Morgan fingerprint density at radius 3 is 2.68 bits per heavy atom. The van der Waals surface area contributed by atoms with E-state index in [0.29, 0.717) is 6.61 Å². The van der Waals surface area contributed by atoms with Gasteiger partial charge in [0, 0.05) is 19.3 Å². The lowest BCUT2D eigenvalue weighted by Crippen LogP contribution is -2.30. The number of allylic oxidation sites excluding steroid dienone is 1. The van der Waals surface area contributed by atoms with Crippen molar-refractivity contribution in [3.63, 3.8) is 0 Å². The van der Waals surface area contributed by atoms with Crippen LogP contribution in [-0.4, -0.2) is 18.1 Å². The van der Waals surface area contributed by atoms with Gasteiger partial charge in [-0.1, -0.05) is 25.1 Å². The summed E-state index contributed by atoms with van der Waals surface area (Å²) in [6.07, 6.45) is 6.73. The first-order valence-corrected chi connectivity index (χ1v) is 9.29. The number of ether oxygens (including phenoxy) is 1. The van der Waals surface area contributed by atoms with E-state index in [9.17, 15) is 0 Å². The molecular weight excluding hydrogens is 308 g/mol. The van der Waals surface area contributed by atoms with Crippen LogP contribution in [0.2, 0.25) is 0 Å². The van der Waals surface area contributed by atoms with Gasteiger partial charge in [0.2, 0.25) is 0 Å². The van der Waals surface area contributed by atoms with Crippen LogP contribution in [0.1, 0.15) is 49.8 Å².